The number of rotatable bonds is 5. The monoisotopic (exact) mass is 361 g/mol. The molecule has 6 heteroatoms. The van der Waals surface area contributed by atoms with E-state index >= 15 is 0 Å². The van der Waals surface area contributed by atoms with E-state index in [1.54, 1.807) is 42.5 Å². The van der Waals surface area contributed by atoms with Crippen molar-refractivity contribution in [1.29, 1.82) is 0 Å². The Balaban J connectivity index is 1.65. The summed E-state index contributed by atoms with van der Waals surface area (Å²) >= 11 is 0. The molecule has 136 valence electrons. The third kappa shape index (κ3) is 4.92. The molecule has 2 amide bonds. The number of benzene rings is 2. The van der Waals surface area contributed by atoms with Crippen molar-refractivity contribution in [1.82, 2.24) is 5.43 Å². The fourth-order valence-corrected chi connectivity index (χ4v) is 2.47. The standard InChI is InChI=1S/C21H19N3O3/c1-14-5-3-6-16(11-14)20(25)23-18-8-4-7-17(12-18)21(26)24-22-13-19-10-9-15(2)27-19/h3-13H,1-2H3,(H,23,25)(H,24,26). The summed E-state index contributed by atoms with van der Waals surface area (Å²) in [4.78, 5) is 24.6. The van der Waals surface area contributed by atoms with Gasteiger partial charge in [0.25, 0.3) is 11.8 Å². The maximum atomic E-state index is 12.3. The molecule has 3 aromatic rings. The van der Waals surface area contributed by atoms with Crippen molar-refractivity contribution in [3.8, 4) is 0 Å². The van der Waals surface area contributed by atoms with Crippen LogP contribution in [0.15, 0.2) is 70.2 Å². The number of furan rings is 1. The zero-order valence-electron chi connectivity index (χ0n) is 15.0. The summed E-state index contributed by atoms with van der Waals surface area (Å²) in [6.45, 7) is 3.75. The molecule has 0 spiro atoms. The first-order valence-electron chi connectivity index (χ1n) is 8.39. The number of nitrogens with one attached hydrogen (secondary N) is 2. The highest BCUT2D eigenvalue weighted by atomic mass is 16.3. The minimum absolute atomic E-state index is 0.234. The lowest BCUT2D eigenvalue weighted by molar-refractivity contribution is 0.0953. The minimum Gasteiger partial charge on any atom is -0.460 e. The maximum Gasteiger partial charge on any atom is 0.271 e. The van der Waals surface area contributed by atoms with E-state index in [0.717, 1.165) is 11.3 Å². The predicted octanol–water partition coefficient (Wildman–Crippen LogP) is 3.91. The summed E-state index contributed by atoms with van der Waals surface area (Å²) in [5.74, 6) is 0.690. The van der Waals surface area contributed by atoms with Gasteiger partial charge in [-0.15, -0.1) is 0 Å². The molecule has 0 radical (unpaired) electrons. The Morgan fingerprint density at radius 1 is 0.926 bits per heavy atom. The largest absolute Gasteiger partial charge is 0.460 e. The molecule has 1 aromatic heterocycles. The molecule has 0 bridgehead atoms. The fraction of sp³-hybridized carbons (Fsp3) is 0.0952. The van der Waals surface area contributed by atoms with Gasteiger partial charge in [-0.3, -0.25) is 9.59 Å². The van der Waals surface area contributed by atoms with Gasteiger partial charge in [0, 0.05) is 16.8 Å². The van der Waals surface area contributed by atoms with Gasteiger partial charge in [0.15, 0.2) is 0 Å². The number of amides is 2. The van der Waals surface area contributed by atoms with Crippen LogP contribution >= 0.6 is 0 Å². The first kappa shape index (κ1) is 18.1. The second kappa shape index (κ2) is 8.14. The van der Waals surface area contributed by atoms with Crippen molar-refractivity contribution >= 4 is 23.7 Å². The molecule has 6 nitrogen and oxygen atoms in total. The first-order valence-corrected chi connectivity index (χ1v) is 8.39. The molecule has 0 saturated heterocycles. The molecule has 0 unspecified atom stereocenters. The number of nitrogens with zero attached hydrogens (tertiary/aromatic N) is 1. The molecule has 0 saturated carbocycles. The van der Waals surface area contributed by atoms with E-state index in [9.17, 15) is 9.59 Å². The zero-order valence-corrected chi connectivity index (χ0v) is 15.0. The SMILES string of the molecule is Cc1cccc(C(=O)Nc2cccc(C(=O)NN=Cc3ccc(C)o3)c2)c1. The van der Waals surface area contributed by atoms with Gasteiger partial charge in [-0.2, -0.15) is 5.10 Å². The zero-order chi connectivity index (χ0) is 19.2. The average molecular weight is 361 g/mol. The van der Waals surface area contributed by atoms with Gasteiger partial charge in [0.1, 0.15) is 11.5 Å². The smallest absolute Gasteiger partial charge is 0.271 e. The van der Waals surface area contributed by atoms with Crippen LogP contribution in [0.2, 0.25) is 0 Å². The lowest BCUT2D eigenvalue weighted by atomic mass is 10.1. The van der Waals surface area contributed by atoms with E-state index in [0.29, 0.717) is 22.6 Å². The Hall–Kier alpha value is -3.67. The molecular weight excluding hydrogens is 342 g/mol. The lowest BCUT2D eigenvalue weighted by Crippen LogP contribution is -2.18. The molecule has 2 N–H and O–H groups in total. The van der Waals surface area contributed by atoms with Crippen molar-refractivity contribution in [3.05, 3.63) is 88.9 Å². The fourth-order valence-electron chi connectivity index (χ4n) is 2.47. The Kier molecular flexibility index (Phi) is 5.47. The molecule has 27 heavy (non-hydrogen) atoms. The van der Waals surface area contributed by atoms with Gasteiger partial charge < -0.3 is 9.73 Å². The molecule has 0 aliphatic rings. The van der Waals surface area contributed by atoms with Gasteiger partial charge in [-0.1, -0.05) is 23.8 Å². The summed E-state index contributed by atoms with van der Waals surface area (Å²) < 4.78 is 5.34. The number of carbonyl (C=O) groups excluding carboxylic acids is 2. The number of carbonyl (C=O) groups is 2. The van der Waals surface area contributed by atoms with Crippen LogP contribution in [0.3, 0.4) is 0 Å². The first-order chi connectivity index (χ1) is 13.0. The topological polar surface area (TPSA) is 83.7 Å². The molecule has 0 atom stereocenters. The molecule has 0 fully saturated rings. The predicted molar refractivity (Wildman–Crippen MR) is 104 cm³/mol. The van der Waals surface area contributed by atoms with E-state index in [-0.39, 0.29) is 11.8 Å². The van der Waals surface area contributed by atoms with Gasteiger partial charge in [-0.25, -0.2) is 5.43 Å². The highest BCUT2D eigenvalue weighted by molar-refractivity contribution is 6.05. The van der Waals surface area contributed by atoms with Crippen LogP contribution in [0.4, 0.5) is 5.69 Å². The summed E-state index contributed by atoms with van der Waals surface area (Å²) in [6, 6.07) is 17.5. The second-order valence-electron chi connectivity index (χ2n) is 6.05. The summed E-state index contributed by atoms with van der Waals surface area (Å²) in [7, 11) is 0. The summed E-state index contributed by atoms with van der Waals surface area (Å²) in [5.41, 5.74) is 4.90. The number of aryl methyl sites for hydroxylation is 2. The number of anilines is 1. The van der Waals surface area contributed by atoms with E-state index in [4.69, 9.17) is 4.42 Å². The molecule has 3 rings (SSSR count). The maximum absolute atomic E-state index is 12.3. The van der Waals surface area contributed by atoms with E-state index in [1.165, 1.54) is 6.21 Å². The molecule has 0 aliphatic heterocycles. The van der Waals surface area contributed by atoms with Crippen LogP contribution in [-0.2, 0) is 0 Å². The van der Waals surface area contributed by atoms with E-state index < -0.39 is 0 Å². The van der Waals surface area contributed by atoms with Gasteiger partial charge in [-0.05, 0) is 56.3 Å². The van der Waals surface area contributed by atoms with Crippen LogP contribution < -0.4 is 10.7 Å². The summed E-state index contributed by atoms with van der Waals surface area (Å²) in [5, 5.41) is 6.67. The summed E-state index contributed by atoms with van der Waals surface area (Å²) in [6.07, 6.45) is 1.42. The van der Waals surface area contributed by atoms with Crippen LogP contribution in [-0.4, -0.2) is 18.0 Å². The molecular formula is C21H19N3O3. The molecule has 2 aromatic carbocycles. The minimum atomic E-state index is -0.388. The highest BCUT2D eigenvalue weighted by Crippen LogP contribution is 2.13. The second-order valence-corrected chi connectivity index (χ2v) is 6.05. The van der Waals surface area contributed by atoms with Crippen LogP contribution in [0.1, 0.15) is 37.8 Å². The van der Waals surface area contributed by atoms with Crippen molar-refractivity contribution in [2.75, 3.05) is 5.32 Å². The van der Waals surface area contributed by atoms with Crippen LogP contribution in [0.5, 0.6) is 0 Å². The Labute approximate surface area is 156 Å². The van der Waals surface area contributed by atoms with Gasteiger partial charge in [0.2, 0.25) is 0 Å². The van der Waals surface area contributed by atoms with Gasteiger partial charge >= 0.3 is 0 Å². The quantitative estimate of drug-likeness (QED) is 0.534. The Bertz CT molecular complexity index is 1010. The average Bonchev–Trinajstić information content (AvgIpc) is 3.07. The van der Waals surface area contributed by atoms with Crippen molar-refractivity contribution in [3.63, 3.8) is 0 Å². The molecule has 1 heterocycles. The van der Waals surface area contributed by atoms with Gasteiger partial charge in [0.05, 0.1) is 6.21 Å². The Morgan fingerprint density at radius 3 is 2.37 bits per heavy atom. The number of hydrogen-bond acceptors (Lipinski definition) is 4. The van der Waals surface area contributed by atoms with Crippen LogP contribution in [0.25, 0.3) is 0 Å². The van der Waals surface area contributed by atoms with Crippen molar-refractivity contribution < 1.29 is 14.0 Å². The Morgan fingerprint density at radius 2 is 1.67 bits per heavy atom. The molecule has 0 aliphatic carbocycles. The van der Waals surface area contributed by atoms with Crippen molar-refractivity contribution in [2.45, 2.75) is 13.8 Å². The number of hydrazone groups is 1. The normalized spacial score (nSPS) is 10.7. The third-order valence-electron chi connectivity index (χ3n) is 3.78. The van der Waals surface area contributed by atoms with E-state index in [1.807, 2.05) is 32.0 Å². The lowest BCUT2D eigenvalue weighted by Gasteiger charge is -2.07. The number of hydrogen-bond donors (Lipinski definition) is 2. The third-order valence-corrected chi connectivity index (χ3v) is 3.78. The van der Waals surface area contributed by atoms with E-state index in [2.05, 4.69) is 15.8 Å². The highest BCUT2D eigenvalue weighted by Gasteiger charge is 2.09. The van der Waals surface area contributed by atoms with Crippen molar-refractivity contribution in [2.24, 2.45) is 5.10 Å². The van der Waals surface area contributed by atoms with Crippen LogP contribution in [0, 0.1) is 13.8 Å².